The van der Waals surface area contributed by atoms with Crippen molar-refractivity contribution < 1.29 is 14.4 Å². The molecule has 2 aromatic carbocycles. The average Bonchev–Trinajstić information content (AvgIpc) is 3.15. The van der Waals surface area contributed by atoms with E-state index in [0.717, 1.165) is 16.5 Å². The molecule has 0 aliphatic heterocycles. The fourth-order valence-corrected chi connectivity index (χ4v) is 2.95. The summed E-state index contributed by atoms with van der Waals surface area (Å²) in [7, 11) is 0. The number of H-pyrrole nitrogens is 1. The van der Waals surface area contributed by atoms with E-state index in [1.165, 1.54) is 12.2 Å². The van der Waals surface area contributed by atoms with Gasteiger partial charge in [-0.15, -0.1) is 0 Å². The minimum Gasteiger partial charge on any atom is -0.366 e. The normalized spacial score (nSPS) is 10.9. The lowest BCUT2D eigenvalue weighted by atomic mass is 9.98. The molecule has 0 spiro atoms. The van der Waals surface area contributed by atoms with Crippen molar-refractivity contribution >= 4 is 34.3 Å². The summed E-state index contributed by atoms with van der Waals surface area (Å²) in [5.74, 6) is -1.23. The highest BCUT2D eigenvalue weighted by atomic mass is 16.2. The summed E-state index contributed by atoms with van der Waals surface area (Å²) in [6.45, 7) is 2.30. The van der Waals surface area contributed by atoms with Crippen LogP contribution >= 0.6 is 0 Å². The van der Waals surface area contributed by atoms with Gasteiger partial charge in [-0.3, -0.25) is 14.4 Å². The molecule has 0 aliphatic rings. The molecule has 0 radical (unpaired) electrons. The van der Waals surface area contributed by atoms with Crippen molar-refractivity contribution in [3.8, 4) is 11.1 Å². The molecule has 0 atom stereocenters. The molecule has 0 bridgehead atoms. The van der Waals surface area contributed by atoms with Crippen molar-refractivity contribution in [3.63, 3.8) is 0 Å². The Labute approximate surface area is 161 Å². The SMILES string of the molecule is CCNC(=O)/C=C\C(=O)Nc1cccc(-c2ccc(C(N)=O)c3[nH]ccc23)c1. The van der Waals surface area contributed by atoms with Gasteiger partial charge in [-0.2, -0.15) is 0 Å². The summed E-state index contributed by atoms with van der Waals surface area (Å²) in [4.78, 5) is 38.1. The van der Waals surface area contributed by atoms with Gasteiger partial charge in [0.15, 0.2) is 0 Å². The molecule has 7 heteroatoms. The zero-order chi connectivity index (χ0) is 20.1. The van der Waals surface area contributed by atoms with E-state index >= 15 is 0 Å². The predicted octanol–water partition coefficient (Wildman–Crippen LogP) is 2.56. The molecule has 3 rings (SSSR count). The topological polar surface area (TPSA) is 117 Å². The maximum atomic E-state index is 12.0. The third kappa shape index (κ3) is 4.09. The number of aromatic nitrogens is 1. The highest BCUT2D eigenvalue weighted by molar-refractivity contribution is 6.09. The number of nitrogens with two attached hydrogens (primary N) is 1. The minimum absolute atomic E-state index is 0.323. The summed E-state index contributed by atoms with van der Waals surface area (Å²) < 4.78 is 0. The average molecular weight is 376 g/mol. The van der Waals surface area contributed by atoms with Crippen LogP contribution in [-0.4, -0.2) is 29.3 Å². The molecule has 0 fully saturated rings. The number of primary amides is 1. The number of aromatic amines is 1. The first kappa shape index (κ1) is 18.9. The van der Waals surface area contributed by atoms with Gasteiger partial charge in [-0.1, -0.05) is 18.2 Å². The largest absolute Gasteiger partial charge is 0.366 e. The molecule has 142 valence electrons. The zero-order valence-corrected chi connectivity index (χ0v) is 15.3. The van der Waals surface area contributed by atoms with E-state index in [9.17, 15) is 14.4 Å². The van der Waals surface area contributed by atoms with Crippen molar-refractivity contribution in [1.82, 2.24) is 10.3 Å². The summed E-state index contributed by atoms with van der Waals surface area (Å²) in [6, 6.07) is 12.7. The summed E-state index contributed by atoms with van der Waals surface area (Å²) in [5, 5.41) is 6.17. The molecule has 0 saturated carbocycles. The van der Waals surface area contributed by atoms with E-state index < -0.39 is 11.8 Å². The Bertz CT molecular complexity index is 1080. The number of amides is 3. The van der Waals surface area contributed by atoms with Crippen LogP contribution in [0.4, 0.5) is 5.69 Å². The molecule has 0 aliphatic carbocycles. The monoisotopic (exact) mass is 376 g/mol. The number of likely N-dealkylation sites (N-methyl/N-ethyl adjacent to an activating group) is 1. The molecule has 3 aromatic rings. The van der Waals surface area contributed by atoms with Gasteiger partial charge in [-0.25, -0.2) is 0 Å². The van der Waals surface area contributed by atoms with Crippen LogP contribution in [0.3, 0.4) is 0 Å². The van der Waals surface area contributed by atoms with Crippen molar-refractivity contribution in [2.45, 2.75) is 6.92 Å². The van der Waals surface area contributed by atoms with Gasteiger partial charge < -0.3 is 21.4 Å². The predicted molar refractivity (Wildman–Crippen MR) is 109 cm³/mol. The fourth-order valence-electron chi connectivity index (χ4n) is 2.95. The Morgan fingerprint density at radius 2 is 1.86 bits per heavy atom. The van der Waals surface area contributed by atoms with E-state index in [1.807, 2.05) is 30.3 Å². The lowest BCUT2D eigenvalue weighted by molar-refractivity contribution is -0.117. The Kier molecular flexibility index (Phi) is 5.55. The number of anilines is 1. The lowest BCUT2D eigenvalue weighted by Crippen LogP contribution is -2.20. The van der Waals surface area contributed by atoms with Crippen molar-refractivity contribution in [3.05, 3.63) is 66.4 Å². The first-order chi connectivity index (χ1) is 13.5. The third-order valence-electron chi connectivity index (χ3n) is 4.17. The Balaban J connectivity index is 1.86. The number of rotatable bonds is 6. The van der Waals surface area contributed by atoms with Gasteiger partial charge >= 0.3 is 0 Å². The minimum atomic E-state index is -0.501. The van der Waals surface area contributed by atoms with Gasteiger partial charge in [0.05, 0.1) is 11.1 Å². The Hall–Kier alpha value is -3.87. The number of nitrogens with one attached hydrogen (secondary N) is 3. The number of hydrogen-bond acceptors (Lipinski definition) is 3. The quantitative estimate of drug-likeness (QED) is 0.495. The van der Waals surface area contributed by atoms with Crippen LogP contribution in [0.1, 0.15) is 17.3 Å². The van der Waals surface area contributed by atoms with Gasteiger partial charge in [0.1, 0.15) is 0 Å². The molecule has 3 amide bonds. The molecular formula is C21H20N4O3. The van der Waals surface area contributed by atoms with Crippen molar-refractivity contribution in [2.24, 2.45) is 5.73 Å². The van der Waals surface area contributed by atoms with E-state index in [0.29, 0.717) is 23.3 Å². The van der Waals surface area contributed by atoms with Crippen LogP contribution < -0.4 is 16.4 Å². The number of hydrogen-bond donors (Lipinski definition) is 4. The zero-order valence-electron chi connectivity index (χ0n) is 15.3. The van der Waals surface area contributed by atoms with Crippen LogP contribution in [0.25, 0.3) is 22.0 Å². The molecular weight excluding hydrogens is 356 g/mol. The number of carbonyl (C=O) groups excluding carboxylic acids is 3. The highest BCUT2D eigenvalue weighted by Crippen LogP contribution is 2.31. The van der Waals surface area contributed by atoms with Gasteiger partial charge in [0, 0.05) is 36.0 Å². The molecule has 1 aromatic heterocycles. The fraction of sp³-hybridized carbons (Fsp3) is 0.0952. The first-order valence-electron chi connectivity index (χ1n) is 8.77. The molecule has 28 heavy (non-hydrogen) atoms. The highest BCUT2D eigenvalue weighted by Gasteiger charge is 2.12. The van der Waals surface area contributed by atoms with Crippen LogP contribution in [0.2, 0.25) is 0 Å². The van der Waals surface area contributed by atoms with E-state index in [4.69, 9.17) is 5.73 Å². The van der Waals surface area contributed by atoms with Gasteiger partial charge in [0.25, 0.3) is 5.91 Å². The maximum Gasteiger partial charge on any atom is 0.250 e. The standard InChI is InChI=1S/C21H20N4O3/c1-2-23-18(26)8-9-19(27)25-14-5-3-4-13(12-14)15-6-7-17(21(22)28)20-16(15)10-11-24-20/h3-12,24H,2H2,1H3,(H2,22,28)(H,23,26)(H,25,27)/b9-8-. The second-order valence-corrected chi connectivity index (χ2v) is 6.09. The summed E-state index contributed by atoms with van der Waals surface area (Å²) in [6.07, 6.45) is 4.12. The second kappa shape index (κ2) is 8.22. The molecule has 7 nitrogen and oxygen atoms in total. The van der Waals surface area contributed by atoms with Gasteiger partial charge in [-0.05, 0) is 42.3 Å². The molecule has 1 heterocycles. The summed E-state index contributed by atoms with van der Waals surface area (Å²) >= 11 is 0. The number of fused-ring (bicyclic) bond motifs is 1. The van der Waals surface area contributed by atoms with Crippen LogP contribution in [0, 0.1) is 0 Å². The molecule has 0 saturated heterocycles. The maximum absolute atomic E-state index is 12.0. The Morgan fingerprint density at radius 1 is 1.07 bits per heavy atom. The second-order valence-electron chi connectivity index (χ2n) is 6.09. The summed E-state index contributed by atoms with van der Waals surface area (Å²) in [5.41, 5.74) is 8.88. The van der Waals surface area contributed by atoms with Crippen LogP contribution in [0.15, 0.2) is 60.8 Å². The first-order valence-corrected chi connectivity index (χ1v) is 8.77. The lowest BCUT2D eigenvalue weighted by Gasteiger charge is -2.09. The Morgan fingerprint density at radius 3 is 2.61 bits per heavy atom. The van der Waals surface area contributed by atoms with Crippen molar-refractivity contribution in [1.29, 1.82) is 0 Å². The van der Waals surface area contributed by atoms with Gasteiger partial charge in [0.2, 0.25) is 11.8 Å². The van der Waals surface area contributed by atoms with Crippen LogP contribution in [-0.2, 0) is 9.59 Å². The smallest absolute Gasteiger partial charge is 0.250 e. The number of carbonyl (C=O) groups is 3. The number of benzene rings is 2. The van der Waals surface area contributed by atoms with E-state index in [2.05, 4.69) is 15.6 Å². The molecule has 5 N–H and O–H groups in total. The third-order valence-corrected chi connectivity index (χ3v) is 4.17. The molecule has 0 unspecified atom stereocenters. The van der Waals surface area contributed by atoms with E-state index in [1.54, 1.807) is 25.3 Å². The van der Waals surface area contributed by atoms with Crippen molar-refractivity contribution in [2.75, 3.05) is 11.9 Å². The van der Waals surface area contributed by atoms with Crippen LogP contribution in [0.5, 0.6) is 0 Å². The van der Waals surface area contributed by atoms with E-state index in [-0.39, 0.29) is 5.91 Å².